The molecular formula is C12H16N4O2S. The van der Waals surface area contributed by atoms with Crippen LogP contribution >= 0.6 is 0 Å². The number of nitrogen functional groups attached to an aromatic ring is 1. The zero-order chi connectivity index (χ0) is 14.2. The van der Waals surface area contributed by atoms with E-state index in [4.69, 9.17) is 5.73 Å². The molecule has 0 saturated heterocycles. The van der Waals surface area contributed by atoms with Gasteiger partial charge in [0.05, 0.1) is 11.9 Å². The zero-order valence-electron chi connectivity index (χ0n) is 11.0. The lowest BCUT2D eigenvalue weighted by Gasteiger charge is -2.13. The molecule has 102 valence electrons. The quantitative estimate of drug-likeness (QED) is 0.832. The van der Waals surface area contributed by atoms with Crippen LogP contribution in [0.2, 0.25) is 0 Å². The summed E-state index contributed by atoms with van der Waals surface area (Å²) in [7, 11) is -1.96. The van der Waals surface area contributed by atoms with Crippen molar-refractivity contribution < 1.29 is 8.42 Å². The first-order chi connectivity index (χ1) is 8.79. The summed E-state index contributed by atoms with van der Waals surface area (Å²) in [6, 6.07) is 3.46. The van der Waals surface area contributed by atoms with E-state index in [0.29, 0.717) is 11.4 Å². The van der Waals surface area contributed by atoms with Crippen molar-refractivity contribution in [1.29, 1.82) is 0 Å². The first-order valence-corrected chi connectivity index (χ1v) is 7.16. The van der Waals surface area contributed by atoms with Crippen molar-refractivity contribution in [2.24, 2.45) is 7.05 Å². The largest absolute Gasteiger partial charge is 0.399 e. The van der Waals surface area contributed by atoms with Crippen molar-refractivity contribution in [3.8, 4) is 0 Å². The summed E-state index contributed by atoms with van der Waals surface area (Å²) >= 11 is 0. The number of sulfonamides is 1. The minimum Gasteiger partial charge on any atom is -0.399 e. The molecule has 1 aromatic carbocycles. The summed E-state index contributed by atoms with van der Waals surface area (Å²) in [5, 5.41) is 3.86. The van der Waals surface area contributed by atoms with Gasteiger partial charge in [-0.25, -0.2) is 8.42 Å². The van der Waals surface area contributed by atoms with Gasteiger partial charge in [0.15, 0.2) is 0 Å². The molecule has 7 heteroatoms. The van der Waals surface area contributed by atoms with Crippen molar-refractivity contribution in [2.45, 2.75) is 18.7 Å². The molecule has 3 N–H and O–H groups in total. The first kappa shape index (κ1) is 13.4. The monoisotopic (exact) mass is 280 g/mol. The number of anilines is 2. The third-order valence-corrected chi connectivity index (χ3v) is 4.09. The van der Waals surface area contributed by atoms with E-state index in [1.165, 1.54) is 17.1 Å². The Labute approximate surface area is 112 Å². The van der Waals surface area contributed by atoms with E-state index in [-0.39, 0.29) is 4.90 Å². The Bertz CT molecular complexity index is 696. The van der Waals surface area contributed by atoms with E-state index in [0.717, 1.165) is 11.1 Å². The van der Waals surface area contributed by atoms with Crippen LogP contribution in [0.15, 0.2) is 29.4 Å². The number of nitrogens with zero attached hydrogens (tertiary/aromatic N) is 2. The van der Waals surface area contributed by atoms with Gasteiger partial charge in [-0.1, -0.05) is 0 Å². The first-order valence-electron chi connectivity index (χ1n) is 5.68. The van der Waals surface area contributed by atoms with E-state index in [2.05, 4.69) is 9.82 Å². The van der Waals surface area contributed by atoms with Crippen LogP contribution in [0.5, 0.6) is 0 Å². The molecule has 0 amide bonds. The van der Waals surface area contributed by atoms with Crippen molar-refractivity contribution in [3.05, 3.63) is 35.7 Å². The van der Waals surface area contributed by atoms with Crippen LogP contribution < -0.4 is 10.5 Å². The second kappa shape index (κ2) is 4.58. The summed E-state index contributed by atoms with van der Waals surface area (Å²) in [4.78, 5) is 0.130. The minimum absolute atomic E-state index is 0.130. The average molecular weight is 280 g/mol. The molecule has 0 fully saturated rings. The Morgan fingerprint density at radius 1 is 1.26 bits per heavy atom. The van der Waals surface area contributed by atoms with Crippen LogP contribution in [-0.4, -0.2) is 18.2 Å². The van der Waals surface area contributed by atoms with Crippen LogP contribution in [0, 0.1) is 13.8 Å². The Morgan fingerprint density at radius 3 is 2.32 bits per heavy atom. The highest BCUT2D eigenvalue weighted by molar-refractivity contribution is 7.92. The number of aryl methyl sites for hydroxylation is 3. The summed E-state index contributed by atoms with van der Waals surface area (Å²) in [5.41, 5.74) is 8.44. The Kier molecular flexibility index (Phi) is 3.23. The molecule has 0 aliphatic carbocycles. The Hall–Kier alpha value is -2.02. The predicted octanol–water partition coefficient (Wildman–Crippen LogP) is 1.42. The molecule has 0 aliphatic rings. The molecule has 2 aromatic rings. The highest BCUT2D eigenvalue weighted by Gasteiger charge is 2.18. The fourth-order valence-corrected chi connectivity index (χ4v) is 3.07. The average Bonchev–Trinajstić information content (AvgIpc) is 2.71. The van der Waals surface area contributed by atoms with E-state index < -0.39 is 10.0 Å². The SMILES string of the molecule is Cc1cc(N)cc(C)c1NS(=O)(=O)c1cnn(C)c1. The number of rotatable bonds is 3. The lowest BCUT2D eigenvalue weighted by Crippen LogP contribution is -2.14. The maximum Gasteiger partial charge on any atom is 0.265 e. The van der Waals surface area contributed by atoms with E-state index in [9.17, 15) is 8.42 Å². The van der Waals surface area contributed by atoms with Crippen molar-refractivity contribution in [3.63, 3.8) is 0 Å². The smallest absolute Gasteiger partial charge is 0.265 e. The summed E-state index contributed by atoms with van der Waals surface area (Å²) in [6.07, 6.45) is 2.76. The second-order valence-corrected chi connectivity index (χ2v) is 6.17. The molecule has 0 radical (unpaired) electrons. The van der Waals surface area contributed by atoms with Crippen LogP contribution in [0.1, 0.15) is 11.1 Å². The standard InChI is InChI=1S/C12H16N4O2S/c1-8-4-10(13)5-9(2)12(8)15-19(17,18)11-6-14-16(3)7-11/h4-7,15H,13H2,1-3H3. The van der Waals surface area contributed by atoms with Gasteiger partial charge in [-0.05, 0) is 37.1 Å². The fraction of sp³-hybridized carbons (Fsp3) is 0.250. The summed E-state index contributed by atoms with van der Waals surface area (Å²) in [6.45, 7) is 3.62. The maximum atomic E-state index is 12.2. The Morgan fingerprint density at radius 2 is 1.84 bits per heavy atom. The maximum absolute atomic E-state index is 12.2. The van der Waals surface area contributed by atoms with Gasteiger partial charge >= 0.3 is 0 Å². The van der Waals surface area contributed by atoms with Crippen LogP contribution in [0.25, 0.3) is 0 Å². The van der Waals surface area contributed by atoms with Crippen LogP contribution in [0.3, 0.4) is 0 Å². The third-order valence-electron chi connectivity index (χ3n) is 2.78. The summed E-state index contributed by atoms with van der Waals surface area (Å²) < 4.78 is 28.4. The lowest BCUT2D eigenvalue weighted by atomic mass is 10.1. The molecule has 0 saturated carbocycles. The molecule has 0 aliphatic heterocycles. The zero-order valence-corrected chi connectivity index (χ0v) is 11.8. The highest BCUT2D eigenvalue weighted by atomic mass is 32.2. The molecule has 0 unspecified atom stereocenters. The third kappa shape index (κ3) is 2.70. The van der Waals surface area contributed by atoms with E-state index in [1.807, 2.05) is 13.8 Å². The van der Waals surface area contributed by atoms with Crippen molar-refractivity contribution >= 4 is 21.4 Å². The van der Waals surface area contributed by atoms with Gasteiger partial charge in [-0.15, -0.1) is 0 Å². The van der Waals surface area contributed by atoms with E-state index >= 15 is 0 Å². The second-order valence-electron chi connectivity index (χ2n) is 4.48. The Balaban J connectivity index is 2.41. The number of nitrogens with one attached hydrogen (secondary N) is 1. The van der Waals surface area contributed by atoms with Gasteiger partial charge in [0.1, 0.15) is 4.90 Å². The minimum atomic E-state index is -3.62. The predicted molar refractivity (Wildman–Crippen MR) is 74.3 cm³/mol. The number of nitrogens with two attached hydrogens (primary N) is 1. The fourth-order valence-electron chi connectivity index (χ4n) is 1.89. The highest BCUT2D eigenvalue weighted by Crippen LogP contribution is 2.25. The van der Waals surface area contributed by atoms with Crippen molar-refractivity contribution in [1.82, 2.24) is 9.78 Å². The molecule has 1 heterocycles. The van der Waals surface area contributed by atoms with Gasteiger partial charge in [0.2, 0.25) is 0 Å². The number of benzene rings is 1. The van der Waals surface area contributed by atoms with E-state index in [1.54, 1.807) is 19.2 Å². The molecular weight excluding hydrogens is 264 g/mol. The topological polar surface area (TPSA) is 90.0 Å². The molecule has 2 rings (SSSR count). The normalized spacial score (nSPS) is 11.5. The van der Waals surface area contributed by atoms with Gasteiger partial charge in [-0.3, -0.25) is 9.40 Å². The number of hydrogen-bond donors (Lipinski definition) is 2. The molecule has 0 spiro atoms. The van der Waals surface area contributed by atoms with Crippen LogP contribution in [0.4, 0.5) is 11.4 Å². The number of hydrogen-bond acceptors (Lipinski definition) is 4. The molecule has 1 aromatic heterocycles. The van der Waals surface area contributed by atoms with Crippen molar-refractivity contribution in [2.75, 3.05) is 10.5 Å². The van der Waals surface area contributed by atoms with Gasteiger partial charge in [0, 0.05) is 18.9 Å². The molecule has 19 heavy (non-hydrogen) atoms. The molecule has 6 nitrogen and oxygen atoms in total. The molecule has 0 atom stereocenters. The van der Waals surface area contributed by atoms with Gasteiger partial charge < -0.3 is 5.73 Å². The lowest BCUT2D eigenvalue weighted by molar-refractivity contribution is 0.601. The number of aromatic nitrogens is 2. The molecule has 0 bridgehead atoms. The summed E-state index contributed by atoms with van der Waals surface area (Å²) in [5.74, 6) is 0. The van der Waals surface area contributed by atoms with Gasteiger partial charge in [-0.2, -0.15) is 5.10 Å². The van der Waals surface area contributed by atoms with Crippen LogP contribution in [-0.2, 0) is 17.1 Å². The van der Waals surface area contributed by atoms with Gasteiger partial charge in [0.25, 0.3) is 10.0 Å².